The number of nitrogens with zero attached hydrogens (tertiary/aromatic N) is 2. The van der Waals surface area contributed by atoms with E-state index in [0.29, 0.717) is 28.4 Å². The fourth-order valence-corrected chi connectivity index (χ4v) is 2.96. The lowest BCUT2D eigenvalue weighted by Crippen LogP contribution is -2.32. The topological polar surface area (TPSA) is 90.5 Å². The first-order valence-electron chi connectivity index (χ1n) is 7.71. The van der Waals surface area contributed by atoms with Gasteiger partial charge in [0.25, 0.3) is 0 Å². The molecule has 0 bridgehead atoms. The van der Waals surface area contributed by atoms with Crippen molar-refractivity contribution >= 4 is 16.9 Å². The summed E-state index contributed by atoms with van der Waals surface area (Å²) in [5, 5.41) is 25.1. The Bertz CT molecular complexity index is 699. The molecule has 0 aliphatic heterocycles. The number of hydrogen-bond donors (Lipinski definition) is 2. The molecule has 0 unspecified atom stereocenters. The van der Waals surface area contributed by atoms with Crippen LogP contribution in [0.3, 0.4) is 0 Å². The zero-order valence-corrected chi connectivity index (χ0v) is 13.3. The first-order chi connectivity index (χ1) is 11.1. The molecule has 0 saturated heterocycles. The van der Waals surface area contributed by atoms with Crippen LogP contribution in [-0.4, -0.2) is 36.5 Å². The highest BCUT2D eigenvalue weighted by atomic mass is 16.5. The third kappa shape index (κ3) is 3.24. The Kier molecular flexibility index (Phi) is 4.38. The van der Waals surface area contributed by atoms with Crippen molar-refractivity contribution in [2.75, 3.05) is 19.5 Å². The summed E-state index contributed by atoms with van der Waals surface area (Å²) >= 11 is 0. The fourth-order valence-electron chi connectivity index (χ4n) is 2.96. The van der Waals surface area contributed by atoms with Crippen molar-refractivity contribution in [1.82, 2.24) is 4.98 Å². The minimum atomic E-state index is -0.209. The van der Waals surface area contributed by atoms with Crippen molar-refractivity contribution in [3.8, 4) is 11.5 Å². The van der Waals surface area contributed by atoms with Gasteiger partial charge in [-0.3, -0.25) is 0 Å². The van der Waals surface area contributed by atoms with Gasteiger partial charge < -0.3 is 25.1 Å². The predicted molar refractivity (Wildman–Crippen MR) is 85.7 cm³/mol. The van der Waals surface area contributed by atoms with E-state index >= 15 is 0 Å². The Morgan fingerprint density at radius 1 is 1.17 bits per heavy atom. The van der Waals surface area contributed by atoms with Crippen molar-refractivity contribution in [3.63, 3.8) is 0 Å². The van der Waals surface area contributed by atoms with Gasteiger partial charge in [-0.2, -0.15) is 4.73 Å². The average Bonchev–Trinajstić information content (AvgIpc) is 2.56. The number of fused-ring (bicyclic) bond motifs is 1. The fraction of sp³-hybridized carbons (Fsp3) is 0.500. The molecule has 7 nitrogen and oxygen atoms in total. The van der Waals surface area contributed by atoms with Crippen LogP contribution >= 0.6 is 0 Å². The molecule has 7 heteroatoms. The monoisotopic (exact) mass is 319 g/mol. The zero-order chi connectivity index (χ0) is 16.4. The van der Waals surface area contributed by atoms with E-state index in [2.05, 4.69) is 10.3 Å². The first-order valence-corrected chi connectivity index (χ1v) is 7.71. The van der Waals surface area contributed by atoms with E-state index in [1.807, 2.05) is 0 Å². The molecule has 23 heavy (non-hydrogen) atoms. The van der Waals surface area contributed by atoms with E-state index in [1.165, 1.54) is 13.3 Å². The van der Waals surface area contributed by atoms with Crippen LogP contribution < -0.4 is 19.5 Å². The Morgan fingerprint density at radius 2 is 1.83 bits per heavy atom. The predicted octanol–water partition coefficient (Wildman–Crippen LogP) is 1.60. The van der Waals surface area contributed by atoms with Gasteiger partial charge in [0.2, 0.25) is 11.7 Å². The van der Waals surface area contributed by atoms with Crippen LogP contribution in [0, 0.1) is 5.21 Å². The molecule has 1 saturated carbocycles. The largest absolute Gasteiger partial charge is 0.618 e. The number of rotatable bonds is 4. The number of aliphatic hydroxyl groups excluding tert-OH is 1. The highest BCUT2D eigenvalue weighted by Crippen LogP contribution is 2.30. The molecule has 2 aromatic rings. The summed E-state index contributed by atoms with van der Waals surface area (Å²) in [7, 11) is 3.07. The van der Waals surface area contributed by atoms with Gasteiger partial charge in [0.05, 0.1) is 26.4 Å². The molecule has 0 spiro atoms. The van der Waals surface area contributed by atoms with Gasteiger partial charge in [-0.05, 0) is 25.7 Å². The van der Waals surface area contributed by atoms with Gasteiger partial charge in [-0.25, -0.2) is 4.98 Å². The Morgan fingerprint density at radius 3 is 2.48 bits per heavy atom. The second kappa shape index (κ2) is 6.45. The lowest BCUT2D eigenvalue weighted by atomic mass is 9.93. The normalized spacial score (nSPS) is 21.2. The molecule has 1 aliphatic rings. The van der Waals surface area contributed by atoms with Gasteiger partial charge in [0.15, 0.2) is 17.3 Å². The molecule has 3 rings (SSSR count). The number of anilines is 1. The molecular weight excluding hydrogens is 298 g/mol. The van der Waals surface area contributed by atoms with E-state index < -0.39 is 0 Å². The van der Waals surface area contributed by atoms with Crippen molar-refractivity contribution in [1.29, 1.82) is 0 Å². The van der Waals surface area contributed by atoms with E-state index in [-0.39, 0.29) is 12.1 Å². The highest BCUT2D eigenvalue weighted by Gasteiger charge is 2.21. The minimum Gasteiger partial charge on any atom is -0.618 e. The third-order valence-electron chi connectivity index (χ3n) is 4.25. The molecule has 1 aromatic carbocycles. The van der Waals surface area contributed by atoms with Gasteiger partial charge in [-0.15, -0.1) is 0 Å². The van der Waals surface area contributed by atoms with Crippen LogP contribution in [-0.2, 0) is 0 Å². The summed E-state index contributed by atoms with van der Waals surface area (Å²) in [6.45, 7) is 0. The van der Waals surface area contributed by atoms with Gasteiger partial charge in [0, 0.05) is 12.1 Å². The van der Waals surface area contributed by atoms with Crippen molar-refractivity contribution in [2.24, 2.45) is 0 Å². The number of aromatic nitrogens is 2. The molecule has 1 heterocycles. The second-order valence-electron chi connectivity index (χ2n) is 5.80. The Labute approximate surface area is 134 Å². The van der Waals surface area contributed by atoms with Gasteiger partial charge in [0.1, 0.15) is 5.52 Å². The van der Waals surface area contributed by atoms with Crippen LogP contribution in [0.2, 0.25) is 0 Å². The van der Waals surface area contributed by atoms with Crippen LogP contribution in [0.5, 0.6) is 11.5 Å². The van der Waals surface area contributed by atoms with E-state index in [4.69, 9.17) is 9.47 Å². The maximum Gasteiger partial charge on any atom is 0.246 e. The van der Waals surface area contributed by atoms with E-state index in [0.717, 1.165) is 30.4 Å². The summed E-state index contributed by atoms with van der Waals surface area (Å²) in [5.74, 6) is 1.56. The molecule has 1 aromatic heterocycles. The van der Waals surface area contributed by atoms with Crippen LogP contribution in [0.25, 0.3) is 11.0 Å². The number of benzene rings is 1. The van der Waals surface area contributed by atoms with Crippen molar-refractivity contribution in [2.45, 2.75) is 37.8 Å². The highest BCUT2D eigenvalue weighted by molar-refractivity contribution is 5.77. The van der Waals surface area contributed by atoms with Crippen molar-refractivity contribution in [3.05, 3.63) is 23.5 Å². The van der Waals surface area contributed by atoms with E-state index in [9.17, 15) is 10.3 Å². The smallest absolute Gasteiger partial charge is 0.246 e. The first kappa shape index (κ1) is 15.6. The number of nitrogens with one attached hydrogen (secondary N) is 1. The molecule has 124 valence electrons. The van der Waals surface area contributed by atoms with Crippen LogP contribution in [0.4, 0.5) is 5.82 Å². The summed E-state index contributed by atoms with van der Waals surface area (Å²) in [6.07, 6.45) is 4.50. The van der Waals surface area contributed by atoms with Gasteiger partial charge in [-0.1, -0.05) is 0 Å². The second-order valence-corrected chi connectivity index (χ2v) is 5.80. The Hall–Kier alpha value is -2.28. The molecule has 0 atom stereocenters. The molecule has 1 fully saturated rings. The number of hydrogen-bond acceptors (Lipinski definition) is 6. The molecule has 2 N–H and O–H groups in total. The molecule has 0 radical (unpaired) electrons. The summed E-state index contributed by atoms with van der Waals surface area (Å²) in [6, 6.07) is 3.54. The van der Waals surface area contributed by atoms with Crippen LogP contribution in [0.1, 0.15) is 25.7 Å². The number of aliphatic hydroxyl groups is 1. The zero-order valence-electron chi connectivity index (χ0n) is 13.3. The summed E-state index contributed by atoms with van der Waals surface area (Å²) in [5.41, 5.74) is 0.964. The molecule has 0 amide bonds. The lowest BCUT2D eigenvalue weighted by Gasteiger charge is -2.26. The Balaban J connectivity index is 1.90. The summed E-state index contributed by atoms with van der Waals surface area (Å²) in [4.78, 5) is 4.50. The van der Waals surface area contributed by atoms with Crippen molar-refractivity contribution < 1.29 is 19.3 Å². The quantitative estimate of drug-likeness (QED) is 0.657. The molecular formula is C16H21N3O4. The van der Waals surface area contributed by atoms with Gasteiger partial charge >= 0.3 is 0 Å². The average molecular weight is 319 g/mol. The van der Waals surface area contributed by atoms with Crippen LogP contribution in [0.15, 0.2) is 18.3 Å². The van der Waals surface area contributed by atoms with E-state index in [1.54, 1.807) is 19.2 Å². The standard InChI is InChI=1S/C16H21N3O4/c1-22-14-7-12-13(8-15(14)23-2)19(21)9-16(18-12)17-10-3-5-11(20)6-4-10/h7-11,20H,3-6H2,1-2H3,(H,17,18)/t10-,11-. The number of methoxy groups -OCH3 is 2. The lowest BCUT2D eigenvalue weighted by molar-refractivity contribution is -0.576. The minimum absolute atomic E-state index is 0.209. The number of ether oxygens (including phenoxy) is 2. The summed E-state index contributed by atoms with van der Waals surface area (Å²) < 4.78 is 11.3. The maximum atomic E-state index is 12.3. The maximum absolute atomic E-state index is 12.3. The SMILES string of the molecule is COc1cc2nc(N[C@H]3CC[C@H](O)CC3)c[n+]([O-])c2cc1OC. The third-order valence-corrected chi connectivity index (χ3v) is 4.25. The molecule has 1 aliphatic carbocycles.